The monoisotopic (exact) mass is 1080 g/mol. The molecule has 2 saturated heterocycles. The number of aliphatic hydroxyl groups is 10. The van der Waals surface area contributed by atoms with Crippen molar-refractivity contribution in [3.63, 3.8) is 0 Å². The molecule has 434 valence electrons. The molecule has 2 fully saturated rings. The smallest absolute Gasteiger partial charge is 0.311 e. The number of esters is 1. The van der Waals surface area contributed by atoms with Gasteiger partial charge in [0.2, 0.25) is 5.91 Å². The largest absolute Gasteiger partial charge is 0.481 e. The lowest BCUT2D eigenvalue weighted by Gasteiger charge is -2.45. The molecule has 20 nitrogen and oxygen atoms in total. The lowest BCUT2D eigenvalue weighted by Crippen LogP contribution is -2.64. The maximum atomic E-state index is 13.2. The number of rotatable bonds is 11. The number of nitrogens with zero attached hydrogens (tertiary/aromatic N) is 1. The van der Waals surface area contributed by atoms with Crippen LogP contribution in [0.5, 0.6) is 0 Å². The van der Waals surface area contributed by atoms with Crippen LogP contribution in [0.2, 0.25) is 0 Å². The Balaban J connectivity index is 1.90. The van der Waals surface area contributed by atoms with Crippen LogP contribution in [0.3, 0.4) is 0 Å². The van der Waals surface area contributed by atoms with Gasteiger partial charge in [-0.15, -0.1) is 0 Å². The second-order valence-corrected chi connectivity index (χ2v) is 21.0. The molecule has 0 aliphatic carbocycles. The van der Waals surface area contributed by atoms with E-state index in [1.807, 2.05) is 63.3 Å². The fourth-order valence-corrected chi connectivity index (χ4v) is 9.74. The van der Waals surface area contributed by atoms with Gasteiger partial charge in [0, 0.05) is 44.1 Å². The zero-order valence-electron chi connectivity index (χ0n) is 45.4. The van der Waals surface area contributed by atoms with E-state index in [2.05, 4.69) is 10.2 Å². The number of nitrogens with one attached hydrogen (secondary N) is 1. The summed E-state index contributed by atoms with van der Waals surface area (Å²) in [7, 11) is 0. The van der Waals surface area contributed by atoms with Crippen LogP contribution in [0.25, 0.3) is 0 Å². The van der Waals surface area contributed by atoms with E-state index >= 15 is 0 Å². The Bertz CT molecular complexity index is 1890. The number of aliphatic hydroxyl groups excluding tert-OH is 9. The van der Waals surface area contributed by atoms with Crippen molar-refractivity contribution in [2.75, 3.05) is 19.6 Å². The number of cyclic esters (lactones) is 1. The summed E-state index contributed by atoms with van der Waals surface area (Å²) < 4.78 is 23.7. The number of carbonyl (C=O) groups is 3. The van der Waals surface area contributed by atoms with Crippen molar-refractivity contribution in [2.45, 2.75) is 222 Å². The van der Waals surface area contributed by atoms with Crippen molar-refractivity contribution < 1.29 is 89.5 Å². The highest BCUT2D eigenvalue weighted by Crippen LogP contribution is 2.38. The number of fused-ring (bicyclic) bond motifs is 2. The molecule has 0 radical (unpaired) electrons. The van der Waals surface area contributed by atoms with Crippen LogP contribution in [-0.2, 0) is 33.3 Å². The first-order chi connectivity index (χ1) is 36.0. The maximum Gasteiger partial charge on any atom is 0.311 e. The van der Waals surface area contributed by atoms with E-state index in [-0.39, 0.29) is 44.4 Å². The van der Waals surface area contributed by atoms with Crippen molar-refractivity contribution in [3.05, 3.63) is 72.9 Å². The van der Waals surface area contributed by atoms with Gasteiger partial charge >= 0.3 is 11.9 Å². The predicted octanol–water partition coefficient (Wildman–Crippen LogP) is 2.61. The van der Waals surface area contributed by atoms with Crippen molar-refractivity contribution in [1.82, 2.24) is 10.2 Å². The van der Waals surface area contributed by atoms with E-state index in [0.717, 1.165) is 38.8 Å². The van der Waals surface area contributed by atoms with Gasteiger partial charge in [-0.05, 0) is 78.3 Å². The molecule has 0 unspecified atom stereocenters. The van der Waals surface area contributed by atoms with Crippen LogP contribution in [0.4, 0.5) is 0 Å². The molecule has 3 aliphatic heterocycles. The Labute approximate surface area is 449 Å². The number of hydrogen-bond donors (Lipinski definition) is 12. The average Bonchev–Trinajstić information content (AvgIpc) is 3.33. The number of carboxylic acids is 1. The second kappa shape index (κ2) is 34.3. The SMILES string of the molecule is CCCN(CCC)CCC(=O)N[C@@H]1[C@H](O)[C@H](O[C@H]2/C=C/C=C/C=C/C=C/CC/C=C/C=C/[C@H](C)[C@@H](O)[C@@H](C)[C@H](C)OC(=O)C[C@H](O)C[C@H](O)C[C@H](O)CC[C@@H](O)[C@H](O)C[C@]3(O)C[C@H](O)[C@@H](C(=O)O)[C@H](C2)O3)O[C@H](C)[C@H]1O. The molecule has 3 rings (SSSR count). The van der Waals surface area contributed by atoms with Crippen molar-refractivity contribution in [3.8, 4) is 0 Å². The van der Waals surface area contributed by atoms with Crippen molar-refractivity contribution >= 4 is 17.8 Å². The summed E-state index contributed by atoms with van der Waals surface area (Å²) >= 11 is 0. The Morgan fingerprint density at radius 3 is 1.93 bits per heavy atom. The quantitative estimate of drug-likeness (QED) is 0.132. The number of allylic oxidation sites excluding steroid dienone is 10. The van der Waals surface area contributed by atoms with Gasteiger partial charge in [0.15, 0.2) is 12.1 Å². The number of carboxylic acid groups (broad SMARTS) is 1. The Morgan fingerprint density at radius 2 is 1.29 bits per heavy atom. The van der Waals surface area contributed by atoms with E-state index in [0.29, 0.717) is 6.54 Å². The third kappa shape index (κ3) is 23.3. The highest BCUT2D eigenvalue weighted by molar-refractivity contribution is 5.76. The van der Waals surface area contributed by atoms with E-state index in [9.17, 15) is 70.6 Å². The van der Waals surface area contributed by atoms with Crippen LogP contribution in [0.1, 0.15) is 125 Å². The summed E-state index contributed by atoms with van der Waals surface area (Å²) in [6, 6.07) is -1.22. The molecule has 0 aromatic rings. The first-order valence-electron chi connectivity index (χ1n) is 27.3. The number of hydrogen-bond acceptors (Lipinski definition) is 18. The molecule has 76 heavy (non-hydrogen) atoms. The molecule has 12 N–H and O–H groups in total. The van der Waals surface area contributed by atoms with Gasteiger partial charge in [0.25, 0.3) is 0 Å². The summed E-state index contributed by atoms with van der Waals surface area (Å²) in [4.78, 5) is 40.8. The van der Waals surface area contributed by atoms with Crippen LogP contribution >= 0.6 is 0 Å². The fourth-order valence-electron chi connectivity index (χ4n) is 9.74. The van der Waals surface area contributed by atoms with E-state index in [4.69, 9.17) is 18.9 Å². The molecule has 20 heteroatoms. The third-order valence-corrected chi connectivity index (χ3v) is 14.3. The van der Waals surface area contributed by atoms with Gasteiger partial charge in [-0.2, -0.15) is 0 Å². The lowest BCUT2D eigenvalue weighted by molar-refractivity contribution is -0.310. The van der Waals surface area contributed by atoms with Crippen LogP contribution in [0, 0.1) is 17.8 Å². The molecular weight excluding hydrogens is 989 g/mol. The average molecular weight is 1080 g/mol. The fraction of sp³-hybridized carbons (Fsp3) is 0.732. The molecule has 0 aromatic heterocycles. The first-order valence-corrected chi connectivity index (χ1v) is 27.3. The highest BCUT2D eigenvalue weighted by atomic mass is 16.7. The van der Waals surface area contributed by atoms with Crippen LogP contribution < -0.4 is 5.32 Å². The van der Waals surface area contributed by atoms with Gasteiger partial charge in [-0.1, -0.05) is 101 Å². The minimum absolute atomic E-state index is 0.103. The van der Waals surface area contributed by atoms with Gasteiger partial charge in [-0.3, -0.25) is 14.4 Å². The van der Waals surface area contributed by atoms with Gasteiger partial charge in [0.1, 0.15) is 24.2 Å². The standard InChI is InChI=1S/C56H92N2O18/c1-7-26-58(27-8-2)28-25-47(65)57-50-52(68)38(6)74-55(53(50)69)75-42-22-20-18-16-14-12-10-9-11-13-15-17-19-21-35(3)51(67)36(4)37(5)73-48(66)31-41(61)30-40(60)29-39(59)23-24-43(62)44(63)33-56(72)34-45(64)49(54(70)71)46(32-42)76-56/h9-10,12,14-22,35-46,49-53,55,59-64,67-69,72H,7-8,11,13,23-34H2,1-6H3,(H,57,65)(H,70,71)/b10-9+,14-12+,17-15+,18-16+,21-19+,22-20+/t35-,36-,37-,38+,39+,40+,41+,42-,43+,44+,45-,46-,49+,50-,51+,52+,53-,55-,56+/m0/s1. The van der Waals surface area contributed by atoms with Crippen molar-refractivity contribution in [1.29, 1.82) is 0 Å². The molecule has 1 amide bonds. The van der Waals surface area contributed by atoms with Crippen LogP contribution in [0.15, 0.2) is 72.9 Å². The van der Waals surface area contributed by atoms with Crippen LogP contribution in [-0.4, -0.2) is 196 Å². The Morgan fingerprint density at radius 1 is 0.697 bits per heavy atom. The molecule has 3 heterocycles. The lowest BCUT2D eigenvalue weighted by atomic mass is 9.82. The Kier molecular flexibility index (Phi) is 30.1. The highest BCUT2D eigenvalue weighted by Gasteiger charge is 2.51. The predicted molar refractivity (Wildman–Crippen MR) is 283 cm³/mol. The topological polar surface area (TPSA) is 326 Å². The first kappa shape index (κ1) is 66.6. The zero-order chi connectivity index (χ0) is 56.5. The number of carbonyl (C=O) groups excluding carboxylic acids is 2. The van der Waals surface area contributed by atoms with Gasteiger partial charge < -0.3 is 85.3 Å². The zero-order valence-corrected chi connectivity index (χ0v) is 45.4. The normalized spacial score (nSPS) is 40.4. The van der Waals surface area contributed by atoms with Gasteiger partial charge in [-0.25, -0.2) is 0 Å². The van der Waals surface area contributed by atoms with E-state index in [1.165, 1.54) is 13.0 Å². The summed E-state index contributed by atoms with van der Waals surface area (Å²) in [6.07, 6.45) is 3.19. The second-order valence-electron chi connectivity index (χ2n) is 21.0. The molecule has 0 aromatic carbocycles. The van der Waals surface area contributed by atoms with E-state index in [1.54, 1.807) is 38.2 Å². The summed E-state index contributed by atoms with van der Waals surface area (Å²) in [5, 5.41) is 124. The minimum Gasteiger partial charge on any atom is -0.481 e. The molecule has 19 atom stereocenters. The summed E-state index contributed by atoms with van der Waals surface area (Å²) in [6.45, 7) is 12.9. The molecule has 0 spiro atoms. The molecule has 3 aliphatic rings. The van der Waals surface area contributed by atoms with Gasteiger partial charge in [0.05, 0.1) is 73.5 Å². The number of ether oxygens (including phenoxy) is 4. The number of aliphatic carboxylic acids is 1. The number of amides is 1. The molecular formula is C56H92N2O18. The summed E-state index contributed by atoms with van der Waals surface area (Å²) in [5.41, 5.74) is 0. The van der Waals surface area contributed by atoms with Crippen molar-refractivity contribution in [2.24, 2.45) is 17.8 Å². The Hall–Kier alpha value is -3.71. The maximum absolute atomic E-state index is 13.2. The van der Waals surface area contributed by atoms with E-state index < -0.39 is 146 Å². The summed E-state index contributed by atoms with van der Waals surface area (Å²) in [5.74, 6) is -7.37. The minimum atomic E-state index is -2.40. The third-order valence-electron chi connectivity index (χ3n) is 14.3. The molecule has 0 saturated carbocycles. The molecule has 2 bridgehead atoms.